The Hall–Kier alpha value is -2.08. The van der Waals surface area contributed by atoms with Gasteiger partial charge in [0.2, 0.25) is 0 Å². The number of imidazole rings is 1. The van der Waals surface area contributed by atoms with Gasteiger partial charge >= 0.3 is 0 Å². The highest BCUT2D eigenvalue weighted by Gasteiger charge is 2.12. The molecule has 3 aromatic rings. The van der Waals surface area contributed by atoms with Crippen molar-refractivity contribution in [2.45, 2.75) is 40.8 Å². The van der Waals surface area contributed by atoms with Gasteiger partial charge in [-0.15, -0.1) is 12.4 Å². The number of hydrogen-bond donors (Lipinski definition) is 0. The summed E-state index contributed by atoms with van der Waals surface area (Å²) in [6.45, 7) is 10.00. The van der Waals surface area contributed by atoms with Crippen LogP contribution in [0.25, 0.3) is 11.3 Å². The van der Waals surface area contributed by atoms with E-state index in [1.807, 2.05) is 37.4 Å². The second-order valence-corrected chi connectivity index (χ2v) is 5.79. The van der Waals surface area contributed by atoms with Gasteiger partial charge in [-0.2, -0.15) is 10.2 Å². The molecule has 3 rings (SSSR count). The molecule has 124 valence electrons. The first-order valence-electron chi connectivity index (χ1n) is 7.48. The molecule has 7 heteroatoms. The van der Waals surface area contributed by atoms with Crippen molar-refractivity contribution in [2.75, 3.05) is 0 Å². The number of nitrogens with zero attached hydrogens (tertiary/aromatic N) is 6. The summed E-state index contributed by atoms with van der Waals surface area (Å²) >= 11 is 0. The molecule has 3 aromatic heterocycles. The normalized spacial score (nSPS) is 10.8. The van der Waals surface area contributed by atoms with Crippen molar-refractivity contribution in [1.82, 2.24) is 29.1 Å². The van der Waals surface area contributed by atoms with Crippen molar-refractivity contribution in [3.8, 4) is 11.3 Å². The zero-order valence-corrected chi connectivity index (χ0v) is 15.1. The molecule has 6 nitrogen and oxygen atoms in total. The average molecular weight is 335 g/mol. The van der Waals surface area contributed by atoms with Crippen LogP contribution < -0.4 is 0 Å². The van der Waals surface area contributed by atoms with E-state index in [0.29, 0.717) is 0 Å². The molecule has 0 N–H and O–H groups in total. The lowest BCUT2D eigenvalue weighted by Crippen LogP contribution is -2.10. The number of aromatic nitrogens is 6. The van der Waals surface area contributed by atoms with E-state index in [2.05, 4.69) is 45.2 Å². The monoisotopic (exact) mass is 334 g/mol. The Kier molecular flexibility index (Phi) is 4.94. The third-order valence-corrected chi connectivity index (χ3v) is 4.30. The second-order valence-electron chi connectivity index (χ2n) is 5.79. The van der Waals surface area contributed by atoms with E-state index in [-0.39, 0.29) is 12.4 Å². The molecule has 0 saturated heterocycles. The largest absolute Gasteiger partial charge is 0.329 e. The number of rotatable bonds is 4. The third kappa shape index (κ3) is 3.17. The first-order chi connectivity index (χ1) is 10.5. The quantitative estimate of drug-likeness (QED) is 0.737. The highest BCUT2D eigenvalue weighted by Crippen LogP contribution is 2.22. The predicted molar refractivity (Wildman–Crippen MR) is 92.9 cm³/mol. The molecular weight excluding hydrogens is 312 g/mol. The molecule has 0 saturated carbocycles. The highest BCUT2D eigenvalue weighted by molar-refractivity contribution is 5.85. The maximum absolute atomic E-state index is 4.60. The van der Waals surface area contributed by atoms with Gasteiger partial charge in [0.25, 0.3) is 0 Å². The standard InChI is InChI=1S/C16H22N6.ClH/c1-11-12(2)19-22(14(11)4)7-6-21-10-17-8-16(21)15-9-20(5)18-13(15)3;/h8-10H,6-7H2,1-5H3;1H. The van der Waals surface area contributed by atoms with Gasteiger partial charge in [-0.1, -0.05) is 0 Å². The van der Waals surface area contributed by atoms with Gasteiger partial charge in [0.1, 0.15) is 0 Å². The van der Waals surface area contributed by atoms with Crippen molar-refractivity contribution in [3.63, 3.8) is 0 Å². The van der Waals surface area contributed by atoms with Gasteiger partial charge in [-0.05, 0) is 33.3 Å². The molecular formula is C16H23ClN6. The molecule has 0 spiro atoms. The number of hydrogen-bond acceptors (Lipinski definition) is 3. The zero-order chi connectivity index (χ0) is 15.9. The zero-order valence-electron chi connectivity index (χ0n) is 14.2. The van der Waals surface area contributed by atoms with Gasteiger partial charge in [-0.3, -0.25) is 9.36 Å². The van der Waals surface area contributed by atoms with Crippen LogP contribution in [0.15, 0.2) is 18.7 Å². The Morgan fingerprint density at radius 2 is 1.74 bits per heavy atom. The molecule has 0 unspecified atom stereocenters. The van der Waals surface area contributed by atoms with Crippen LogP contribution >= 0.6 is 12.4 Å². The van der Waals surface area contributed by atoms with E-state index in [9.17, 15) is 0 Å². The summed E-state index contributed by atoms with van der Waals surface area (Å²) in [4.78, 5) is 4.30. The summed E-state index contributed by atoms with van der Waals surface area (Å²) in [7, 11) is 1.94. The van der Waals surface area contributed by atoms with E-state index in [1.54, 1.807) is 0 Å². The number of halogens is 1. The fraction of sp³-hybridized carbons (Fsp3) is 0.438. The molecule has 0 bridgehead atoms. The Labute approximate surface area is 142 Å². The minimum absolute atomic E-state index is 0. The maximum Gasteiger partial charge on any atom is 0.0951 e. The Morgan fingerprint density at radius 1 is 1.00 bits per heavy atom. The molecule has 0 amide bonds. The summed E-state index contributed by atoms with van der Waals surface area (Å²) in [6.07, 6.45) is 5.81. The van der Waals surface area contributed by atoms with Crippen molar-refractivity contribution in [1.29, 1.82) is 0 Å². The summed E-state index contributed by atoms with van der Waals surface area (Å²) in [5.74, 6) is 0. The first-order valence-corrected chi connectivity index (χ1v) is 7.48. The van der Waals surface area contributed by atoms with Crippen molar-refractivity contribution >= 4 is 12.4 Å². The first kappa shape index (κ1) is 17.3. The van der Waals surface area contributed by atoms with E-state index < -0.39 is 0 Å². The number of aryl methyl sites for hydroxylation is 5. The van der Waals surface area contributed by atoms with Crippen molar-refractivity contribution < 1.29 is 0 Å². The van der Waals surface area contributed by atoms with Crippen molar-refractivity contribution in [3.05, 3.63) is 41.4 Å². The van der Waals surface area contributed by atoms with Gasteiger partial charge in [0, 0.05) is 31.0 Å². The lowest BCUT2D eigenvalue weighted by atomic mass is 10.2. The van der Waals surface area contributed by atoms with Crippen LogP contribution in [0.5, 0.6) is 0 Å². The minimum Gasteiger partial charge on any atom is -0.329 e. The molecule has 0 aliphatic rings. The topological polar surface area (TPSA) is 53.5 Å². The molecule has 0 radical (unpaired) electrons. The average Bonchev–Trinajstić information content (AvgIpc) is 3.12. The fourth-order valence-electron chi connectivity index (χ4n) is 2.78. The van der Waals surface area contributed by atoms with E-state index in [4.69, 9.17) is 0 Å². The van der Waals surface area contributed by atoms with Gasteiger partial charge in [0.05, 0.1) is 36.2 Å². The summed E-state index contributed by atoms with van der Waals surface area (Å²) in [5, 5.41) is 9.01. The lowest BCUT2D eigenvalue weighted by Gasteiger charge is -2.09. The molecule has 0 fully saturated rings. The van der Waals surface area contributed by atoms with Crippen LogP contribution in [0.3, 0.4) is 0 Å². The van der Waals surface area contributed by atoms with Gasteiger partial charge in [0.15, 0.2) is 0 Å². The minimum atomic E-state index is 0. The van der Waals surface area contributed by atoms with Gasteiger partial charge in [-0.25, -0.2) is 4.98 Å². The molecule has 0 aliphatic heterocycles. The maximum atomic E-state index is 4.60. The van der Waals surface area contributed by atoms with Crippen LogP contribution in [-0.4, -0.2) is 29.1 Å². The Balaban J connectivity index is 0.00000192. The van der Waals surface area contributed by atoms with E-state index in [0.717, 1.165) is 35.7 Å². The molecule has 0 atom stereocenters. The SMILES string of the molecule is Cc1nn(C)cc1-c1cncn1CCn1nc(C)c(C)c1C.Cl. The van der Waals surface area contributed by atoms with E-state index >= 15 is 0 Å². The van der Waals surface area contributed by atoms with Crippen LogP contribution in [0.2, 0.25) is 0 Å². The highest BCUT2D eigenvalue weighted by atomic mass is 35.5. The van der Waals surface area contributed by atoms with Crippen LogP contribution in [0.1, 0.15) is 22.6 Å². The van der Waals surface area contributed by atoms with Crippen LogP contribution in [0.4, 0.5) is 0 Å². The van der Waals surface area contributed by atoms with Gasteiger partial charge < -0.3 is 4.57 Å². The van der Waals surface area contributed by atoms with Crippen molar-refractivity contribution in [2.24, 2.45) is 7.05 Å². The van der Waals surface area contributed by atoms with Crippen LogP contribution in [0, 0.1) is 27.7 Å². The third-order valence-electron chi connectivity index (χ3n) is 4.30. The fourth-order valence-corrected chi connectivity index (χ4v) is 2.78. The summed E-state index contributed by atoms with van der Waals surface area (Å²) < 4.78 is 6.08. The summed E-state index contributed by atoms with van der Waals surface area (Å²) in [5.41, 5.74) is 6.86. The smallest absolute Gasteiger partial charge is 0.0951 e. The van der Waals surface area contributed by atoms with E-state index in [1.165, 1.54) is 11.3 Å². The van der Waals surface area contributed by atoms with Crippen LogP contribution in [-0.2, 0) is 20.1 Å². The Bertz CT molecular complexity index is 811. The molecule has 0 aliphatic carbocycles. The molecule has 3 heterocycles. The summed E-state index contributed by atoms with van der Waals surface area (Å²) in [6, 6.07) is 0. The molecule has 0 aromatic carbocycles. The second kappa shape index (κ2) is 6.58. The molecule has 23 heavy (non-hydrogen) atoms. The Morgan fingerprint density at radius 3 is 2.30 bits per heavy atom. The predicted octanol–water partition coefficient (Wildman–Crippen LogP) is 2.84. The lowest BCUT2D eigenvalue weighted by molar-refractivity contribution is 0.523.